The van der Waals surface area contributed by atoms with E-state index >= 15 is 0 Å². The fourth-order valence-corrected chi connectivity index (χ4v) is 3.05. The molecule has 2 atom stereocenters. The van der Waals surface area contributed by atoms with E-state index in [1.165, 1.54) is 0 Å². The molecule has 1 aromatic carbocycles. The number of carbonyl (C=O) groups is 1. The summed E-state index contributed by atoms with van der Waals surface area (Å²) in [4.78, 5) is 12.5. The molecule has 0 saturated heterocycles. The number of primary amides is 1. The van der Waals surface area contributed by atoms with Crippen LogP contribution in [0.2, 0.25) is 0 Å². The third-order valence-corrected chi connectivity index (χ3v) is 4.12. The van der Waals surface area contributed by atoms with Gasteiger partial charge in [0.1, 0.15) is 11.9 Å². The highest BCUT2D eigenvalue weighted by Crippen LogP contribution is 2.31. The van der Waals surface area contributed by atoms with Crippen LogP contribution in [0.5, 0.6) is 5.75 Å². The van der Waals surface area contributed by atoms with E-state index in [4.69, 9.17) is 16.2 Å². The van der Waals surface area contributed by atoms with Crippen molar-refractivity contribution in [3.63, 3.8) is 0 Å². The molecule has 106 valence electrons. The zero-order valence-corrected chi connectivity index (χ0v) is 12.3. The molecule has 5 heteroatoms. The minimum atomic E-state index is -0.507. The number of ether oxygens (including phenoxy) is 1. The molecule has 1 amide bonds. The van der Waals surface area contributed by atoms with E-state index < -0.39 is 5.91 Å². The molecule has 2 unspecified atom stereocenters. The summed E-state index contributed by atoms with van der Waals surface area (Å²) in [7, 11) is 0. The summed E-state index contributed by atoms with van der Waals surface area (Å²) < 4.78 is 5.98. The van der Waals surface area contributed by atoms with Crippen molar-refractivity contribution in [2.45, 2.75) is 26.0 Å². The number of carbonyl (C=O) groups excluding carboxylic acids is 1. The number of amides is 1. The average Bonchev–Trinajstić information content (AvgIpc) is 2.82. The van der Waals surface area contributed by atoms with Gasteiger partial charge in [0.05, 0.1) is 5.56 Å². The molecule has 0 aliphatic carbocycles. The lowest BCUT2D eigenvalue weighted by Crippen LogP contribution is -2.29. The largest absolute Gasteiger partial charge is 0.482 e. The van der Waals surface area contributed by atoms with Gasteiger partial charge in [0, 0.05) is 10.9 Å². The second kappa shape index (κ2) is 6.07. The van der Waals surface area contributed by atoms with Gasteiger partial charge in [0.15, 0.2) is 0 Å². The van der Waals surface area contributed by atoms with E-state index in [-0.39, 0.29) is 12.1 Å². The Bertz CT molecular complexity index is 607. The fraction of sp³-hybridized carbons (Fsp3) is 0.267. The molecule has 4 N–H and O–H groups in total. The van der Waals surface area contributed by atoms with Gasteiger partial charge >= 0.3 is 0 Å². The van der Waals surface area contributed by atoms with Crippen LogP contribution in [0, 0.1) is 6.92 Å². The maximum absolute atomic E-state index is 11.4. The summed E-state index contributed by atoms with van der Waals surface area (Å²) in [6.07, 6.45) is -0.296. The lowest BCUT2D eigenvalue weighted by Gasteiger charge is -2.23. The van der Waals surface area contributed by atoms with Crippen LogP contribution in [0.1, 0.15) is 33.8 Å². The van der Waals surface area contributed by atoms with Crippen molar-refractivity contribution in [3.05, 3.63) is 51.7 Å². The molecule has 0 fully saturated rings. The maximum Gasteiger partial charge on any atom is 0.252 e. The summed E-state index contributed by atoms with van der Waals surface area (Å²) >= 11 is 1.60. The quantitative estimate of drug-likeness (QED) is 0.888. The van der Waals surface area contributed by atoms with Gasteiger partial charge in [-0.15, -0.1) is 11.3 Å². The zero-order chi connectivity index (χ0) is 14.7. The fourth-order valence-electron chi connectivity index (χ4n) is 1.99. The molecule has 0 spiro atoms. The van der Waals surface area contributed by atoms with Gasteiger partial charge in [-0.25, -0.2) is 0 Å². The number of aryl methyl sites for hydroxylation is 1. The lowest BCUT2D eigenvalue weighted by atomic mass is 10.1. The van der Waals surface area contributed by atoms with Gasteiger partial charge in [0.25, 0.3) is 5.91 Å². The molecule has 4 nitrogen and oxygen atoms in total. The molecule has 0 bridgehead atoms. The average molecular weight is 290 g/mol. The molecule has 0 saturated carbocycles. The van der Waals surface area contributed by atoms with E-state index in [2.05, 4.69) is 0 Å². The van der Waals surface area contributed by atoms with Crippen LogP contribution in [0.3, 0.4) is 0 Å². The first-order chi connectivity index (χ1) is 9.50. The number of benzene rings is 1. The predicted molar refractivity (Wildman–Crippen MR) is 81.0 cm³/mol. The molecule has 20 heavy (non-hydrogen) atoms. The highest BCUT2D eigenvalue weighted by molar-refractivity contribution is 7.10. The molecule has 2 aromatic rings. The number of hydrogen-bond acceptors (Lipinski definition) is 4. The minimum absolute atomic E-state index is 0.201. The van der Waals surface area contributed by atoms with E-state index in [0.717, 1.165) is 10.4 Å². The van der Waals surface area contributed by atoms with Gasteiger partial charge < -0.3 is 16.2 Å². The van der Waals surface area contributed by atoms with Crippen molar-refractivity contribution in [2.75, 3.05) is 0 Å². The first-order valence-electron chi connectivity index (χ1n) is 6.35. The van der Waals surface area contributed by atoms with Crippen LogP contribution in [0.25, 0.3) is 0 Å². The van der Waals surface area contributed by atoms with Crippen LogP contribution >= 0.6 is 11.3 Å². The maximum atomic E-state index is 11.4. The molecule has 0 aliphatic rings. The van der Waals surface area contributed by atoms with Crippen molar-refractivity contribution in [2.24, 2.45) is 11.5 Å². The van der Waals surface area contributed by atoms with Crippen molar-refractivity contribution < 1.29 is 9.53 Å². The van der Waals surface area contributed by atoms with Crippen molar-refractivity contribution in [1.82, 2.24) is 0 Å². The second-order valence-corrected chi connectivity index (χ2v) is 5.67. The molecule has 1 aromatic heterocycles. The number of para-hydroxylation sites is 1. The van der Waals surface area contributed by atoms with Crippen LogP contribution in [0.4, 0.5) is 0 Å². The van der Waals surface area contributed by atoms with Crippen molar-refractivity contribution in [1.29, 1.82) is 0 Å². The van der Waals surface area contributed by atoms with Gasteiger partial charge in [-0.1, -0.05) is 12.1 Å². The predicted octanol–water partition coefficient (Wildman–Crippen LogP) is 2.62. The summed E-state index contributed by atoms with van der Waals surface area (Å²) in [5, 5.41) is 2.00. The topological polar surface area (TPSA) is 78.3 Å². The van der Waals surface area contributed by atoms with E-state index in [9.17, 15) is 4.79 Å². The Morgan fingerprint density at radius 2 is 2.00 bits per heavy atom. The van der Waals surface area contributed by atoms with Gasteiger partial charge in [-0.2, -0.15) is 0 Å². The molecule has 2 rings (SSSR count). The second-order valence-electron chi connectivity index (χ2n) is 4.73. The number of thiophene rings is 1. The number of rotatable bonds is 5. The van der Waals surface area contributed by atoms with E-state index in [1.807, 2.05) is 25.3 Å². The Hall–Kier alpha value is -1.85. The normalized spacial score (nSPS) is 13.8. The standard InChI is InChI=1S/C15H18N2O2S/c1-9-7-8-20-14(9)13(10(2)16)19-12-6-4-3-5-11(12)15(17)18/h3-8,10,13H,16H2,1-2H3,(H2,17,18). The first-order valence-corrected chi connectivity index (χ1v) is 7.23. The molecular weight excluding hydrogens is 272 g/mol. The highest BCUT2D eigenvalue weighted by Gasteiger charge is 2.23. The third kappa shape index (κ3) is 3.00. The summed E-state index contributed by atoms with van der Waals surface area (Å²) in [6.45, 7) is 3.90. The van der Waals surface area contributed by atoms with Crippen LogP contribution in [-0.4, -0.2) is 11.9 Å². The highest BCUT2D eigenvalue weighted by atomic mass is 32.1. The zero-order valence-electron chi connectivity index (χ0n) is 11.5. The van der Waals surface area contributed by atoms with Crippen molar-refractivity contribution in [3.8, 4) is 5.75 Å². The van der Waals surface area contributed by atoms with Crippen molar-refractivity contribution >= 4 is 17.2 Å². The molecule has 1 heterocycles. The lowest BCUT2D eigenvalue weighted by molar-refractivity contribution is 0.0991. The Morgan fingerprint density at radius 3 is 2.55 bits per heavy atom. The Balaban J connectivity index is 2.35. The minimum Gasteiger partial charge on any atom is -0.482 e. The van der Waals surface area contributed by atoms with Crippen LogP contribution in [-0.2, 0) is 0 Å². The van der Waals surface area contributed by atoms with Crippen LogP contribution < -0.4 is 16.2 Å². The van der Waals surface area contributed by atoms with Gasteiger partial charge in [0.2, 0.25) is 0 Å². The Kier molecular flexibility index (Phi) is 4.42. The van der Waals surface area contributed by atoms with Crippen LogP contribution in [0.15, 0.2) is 35.7 Å². The molecular formula is C15H18N2O2S. The SMILES string of the molecule is Cc1ccsc1C(Oc1ccccc1C(N)=O)C(C)N. The van der Waals surface area contributed by atoms with Gasteiger partial charge in [-0.05, 0) is 43.0 Å². The summed E-state index contributed by atoms with van der Waals surface area (Å²) in [5.74, 6) is -0.0398. The smallest absolute Gasteiger partial charge is 0.252 e. The first kappa shape index (κ1) is 14.6. The number of hydrogen-bond donors (Lipinski definition) is 2. The Labute approximate surface area is 122 Å². The van der Waals surface area contributed by atoms with Gasteiger partial charge in [-0.3, -0.25) is 4.79 Å². The summed E-state index contributed by atoms with van der Waals surface area (Å²) in [6, 6.07) is 8.77. The molecule has 0 aliphatic heterocycles. The Morgan fingerprint density at radius 1 is 1.30 bits per heavy atom. The van der Waals surface area contributed by atoms with E-state index in [1.54, 1.807) is 35.6 Å². The molecule has 0 radical (unpaired) electrons. The number of nitrogens with two attached hydrogens (primary N) is 2. The monoisotopic (exact) mass is 290 g/mol. The summed E-state index contributed by atoms with van der Waals surface area (Å²) in [5.41, 5.74) is 12.9. The van der Waals surface area contributed by atoms with E-state index in [0.29, 0.717) is 11.3 Å². The third-order valence-electron chi connectivity index (χ3n) is 3.04.